The molecule has 0 fully saturated rings. The van der Waals surface area contributed by atoms with Crippen molar-refractivity contribution in [2.75, 3.05) is 25.1 Å². The highest BCUT2D eigenvalue weighted by Gasteiger charge is 2.27. The Balaban J connectivity index is 2.63. The zero-order valence-electron chi connectivity index (χ0n) is 9.84. The van der Waals surface area contributed by atoms with Gasteiger partial charge in [-0.2, -0.15) is 13.2 Å². The first-order chi connectivity index (χ1) is 9.22. The third-order valence-electron chi connectivity index (χ3n) is 2.08. The van der Waals surface area contributed by atoms with Crippen LogP contribution in [-0.4, -0.2) is 30.9 Å². The molecule has 0 aliphatic rings. The van der Waals surface area contributed by atoms with Gasteiger partial charge < -0.3 is 10.1 Å². The van der Waals surface area contributed by atoms with Gasteiger partial charge >= 0.3 is 6.18 Å². The van der Waals surface area contributed by atoms with Gasteiger partial charge in [0.05, 0.1) is 11.5 Å². The molecule has 0 unspecified atom stereocenters. The van der Waals surface area contributed by atoms with E-state index in [2.05, 4.69) is 10.1 Å². The number of benzene rings is 1. The number of nitrogens with one attached hydrogen (secondary N) is 1. The molecule has 10 heteroatoms. The highest BCUT2D eigenvalue weighted by molar-refractivity contribution is 5.62. The summed E-state index contributed by atoms with van der Waals surface area (Å²) >= 11 is 0. The van der Waals surface area contributed by atoms with E-state index < -0.39 is 47.3 Å². The van der Waals surface area contributed by atoms with E-state index in [-0.39, 0.29) is 6.54 Å². The number of ether oxygens (including phenoxy) is 1. The molecule has 1 rings (SSSR count). The van der Waals surface area contributed by atoms with E-state index in [1.807, 2.05) is 0 Å². The number of halogens is 5. The molecule has 0 heterocycles. The largest absolute Gasteiger partial charge is 0.411 e. The van der Waals surface area contributed by atoms with Crippen LogP contribution in [0.3, 0.4) is 0 Å². The molecule has 0 atom stereocenters. The lowest BCUT2D eigenvalue weighted by Gasteiger charge is -2.10. The first-order valence-corrected chi connectivity index (χ1v) is 5.23. The number of anilines is 1. The van der Waals surface area contributed by atoms with Crippen molar-refractivity contribution in [1.29, 1.82) is 0 Å². The number of nitrogens with zero attached hydrogens (tertiary/aromatic N) is 1. The monoisotopic (exact) mass is 300 g/mol. The van der Waals surface area contributed by atoms with Gasteiger partial charge in [-0.15, -0.1) is 0 Å². The van der Waals surface area contributed by atoms with Crippen LogP contribution in [0.5, 0.6) is 0 Å². The lowest BCUT2D eigenvalue weighted by Crippen LogP contribution is -2.20. The van der Waals surface area contributed by atoms with Gasteiger partial charge in [-0.1, -0.05) is 0 Å². The SMILES string of the molecule is O=[N+]([O-])c1ccc(F)c(F)c1NCCOCC(F)(F)F. The van der Waals surface area contributed by atoms with Crippen molar-refractivity contribution in [3.05, 3.63) is 33.9 Å². The van der Waals surface area contributed by atoms with Gasteiger partial charge in [0.2, 0.25) is 0 Å². The Labute approximate surface area is 109 Å². The summed E-state index contributed by atoms with van der Waals surface area (Å²) in [6, 6.07) is 1.33. The van der Waals surface area contributed by atoms with Gasteiger partial charge in [-0.3, -0.25) is 10.1 Å². The van der Waals surface area contributed by atoms with Gasteiger partial charge in [0.15, 0.2) is 17.3 Å². The van der Waals surface area contributed by atoms with Gasteiger partial charge in [-0.25, -0.2) is 8.78 Å². The maximum Gasteiger partial charge on any atom is 0.411 e. The number of rotatable bonds is 6. The molecule has 0 saturated heterocycles. The van der Waals surface area contributed by atoms with E-state index in [1.165, 1.54) is 0 Å². The Kier molecular flexibility index (Phi) is 5.19. The topological polar surface area (TPSA) is 64.4 Å². The number of alkyl halides is 3. The summed E-state index contributed by atoms with van der Waals surface area (Å²) < 4.78 is 65.8. The van der Waals surface area contributed by atoms with Crippen molar-refractivity contribution in [1.82, 2.24) is 0 Å². The molecule has 0 spiro atoms. The normalized spacial score (nSPS) is 11.4. The van der Waals surface area contributed by atoms with Gasteiger partial charge in [0, 0.05) is 12.6 Å². The second-order valence-electron chi connectivity index (χ2n) is 3.61. The minimum atomic E-state index is -4.50. The molecular formula is C10H9F5N2O3. The fourth-order valence-electron chi connectivity index (χ4n) is 1.30. The second-order valence-corrected chi connectivity index (χ2v) is 3.61. The summed E-state index contributed by atoms with van der Waals surface area (Å²) in [5.74, 6) is -2.79. The Morgan fingerprint density at radius 1 is 1.30 bits per heavy atom. The minimum absolute atomic E-state index is 0.350. The van der Waals surface area contributed by atoms with Crippen LogP contribution in [0.25, 0.3) is 0 Å². The number of nitro benzene ring substituents is 1. The van der Waals surface area contributed by atoms with Crippen molar-refractivity contribution in [2.24, 2.45) is 0 Å². The predicted octanol–water partition coefficient (Wildman–Crippen LogP) is 2.86. The van der Waals surface area contributed by atoms with E-state index in [4.69, 9.17) is 0 Å². The number of hydrogen-bond acceptors (Lipinski definition) is 4. The van der Waals surface area contributed by atoms with E-state index in [0.29, 0.717) is 6.07 Å². The summed E-state index contributed by atoms with van der Waals surface area (Å²) in [6.07, 6.45) is -4.50. The minimum Gasteiger partial charge on any atom is -0.375 e. The summed E-state index contributed by atoms with van der Waals surface area (Å²) in [5, 5.41) is 12.7. The average Bonchev–Trinajstić information content (AvgIpc) is 2.32. The summed E-state index contributed by atoms with van der Waals surface area (Å²) in [7, 11) is 0. The molecule has 0 radical (unpaired) electrons. The van der Waals surface area contributed by atoms with E-state index in [1.54, 1.807) is 0 Å². The fourth-order valence-corrected chi connectivity index (χ4v) is 1.30. The van der Waals surface area contributed by atoms with Crippen molar-refractivity contribution in [2.45, 2.75) is 6.18 Å². The molecule has 112 valence electrons. The molecular weight excluding hydrogens is 291 g/mol. The smallest absolute Gasteiger partial charge is 0.375 e. The third-order valence-corrected chi connectivity index (χ3v) is 2.08. The molecule has 0 aromatic heterocycles. The lowest BCUT2D eigenvalue weighted by atomic mass is 10.2. The first-order valence-electron chi connectivity index (χ1n) is 5.23. The lowest BCUT2D eigenvalue weighted by molar-refractivity contribution is -0.384. The van der Waals surface area contributed by atoms with Crippen molar-refractivity contribution in [3.8, 4) is 0 Å². The highest BCUT2D eigenvalue weighted by Crippen LogP contribution is 2.28. The fraction of sp³-hybridized carbons (Fsp3) is 0.400. The third kappa shape index (κ3) is 4.61. The molecule has 20 heavy (non-hydrogen) atoms. The molecule has 0 saturated carbocycles. The Morgan fingerprint density at radius 3 is 2.50 bits per heavy atom. The molecule has 0 bridgehead atoms. The number of hydrogen-bond donors (Lipinski definition) is 1. The Bertz CT molecular complexity index is 493. The van der Waals surface area contributed by atoms with Crippen LogP contribution in [0.1, 0.15) is 0 Å². The molecule has 1 aromatic carbocycles. The van der Waals surface area contributed by atoms with Crippen LogP contribution >= 0.6 is 0 Å². The molecule has 0 aliphatic carbocycles. The quantitative estimate of drug-likeness (QED) is 0.380. The van der Waals surface area contributed by atoms with E-state index >= 15 is 0 Å². The maximum atomic E-state index is 13.4. The zero-order valence-corrected chi connectivity index (χ0v) is 9.84. The molecule has 0 amide bonds. The zero-order chi connectivity index (χ0) is 15.3. The Hall–Kier alpha value is -1.97. The van der Waals surface area contributed by atoms with Crippen LogP contribution in [-0.2, 0) is 4.74 Å². The van der Waals surface area contributed by atoms with Crippen molar-refractivity contribution < 1.29 is 31.6 Å². The van der Waals surface area contributed by atoms with Crippen LogP contribution in [0.2, 0.25) is 0 Å². The van der Waals surface area contributed by atoms with Gasteiger partial charge in [0.25, 0.3) is 5.69 Å². The maximum absolute atomic E-state index is 13.4. The van der Waals surface area contributed by atoms with Crippen LogP contribution < -0.4 is 5.32 Å². The Morgan fingerprint density at radius 2 is 1.95 bits per heavy atom. The van der Waals surface area contributed by atoms with Gasteiger partial charge in [0.1, 0.15) is 6.61 Å². The van der Waals surface area contributed by atoms with Gasteiger partial charge in [-0.05, 0) is 6.07 Å². The average molecular weight is 300 g/mol. The summed E-state index contributed by atoms with van der Waals surface area (Å²) in [6.45, 7) is -2.33. The molecule has 1 aromatic rings. The second kappa shape index (κ2) is 6.46. The molecule has 1 N–H and O–H groups in total. The van der Waals surface area contributed by atoms with Crippen LogP contribution in [0, 0.1) is 21.7 Å². The van der Waals surface area contributed by atoms with E-state index in [9.17, 15) is 32.1 Å². The van der Waals surface area contributed by atoms with Crippen molar-refractivity contribution in [3.63, 3.8) is 0 Å². The molecule has 0 aliphatic heterocycles. The highest BCUT2D eigenvalue weighted by atomic mass is 19.4. The standard InChI is InChI=1S/C10H9F5N2O3/c11-6-1-2-7(17(18)19)9(8(6)12)16-3-4-20-5-10(13,14)15/h1-2,16H,3-5H2. The van der Waals surface area contributed by atoms with Crippen LogP contribution in [0.15, 0.2) is 12.1 Å². The summed E-state index contributed by atoms with van der Waals surface area (Å²) in [4.78, 5) is 9.66. The predicted molar refractivity (Wildman–Crippen MR) is 58.4 cm³/mol. The summed E-state index contributed by atoms with van der Waals surface area (Å²) in [5.41, 5.74) is -1.45. The van der Waals surface area contributed by atoms with Crippen molar-refractivity contribution >= 4 is 11.4 Å². The molecule has 5 nitrogen and oxygen atoms in total. The number of nitro groups is 1. The first kappa shape index (κ1) is 16.1. The van der Waals surface area contributed by atoms with Crippen LogP contribution in [0.4, 0.5) is 33.3 Å². The van der Waals surface area contributed by atoms with E-state index in [0.717, 1.165) is 6.07 Å².